The van der Waals surface area contributed by atoms with E-state index < -0.39 is 0 Å². The van der Waals surface area contributed by atoms with Gasteiger partial charge in [0.2, 0.25) is 0 Å². The van der Waals surface area contributed by atoms with Crippen LogP contribution in [0.25, 0.3) is 11.3 Å². The maximum Gasteiger partial charge on any atom is 0.126 e. The minimum absolute atomic E-state index is 0.519. The van der Waals surface area contributed by atoms with Crippen molar-refractivity contribution in [2.45, 2.75) is 76.7 Å². The molecule has 0 saturated heterocycles. The van der Waals surface area contributed by atoms with Crippen molar-refractivity contribution in [3.8, 4) is 11.3 Å². The van der Waals surface area contributed by atoms with Crippen LogP contribution >= 0.6 is 11.6 Å². The Morgan fingerprint density at radius 3 is 2.41 bits per heavy atom. The van der Waals surface area contributed by atoms with Gasteiger partial charge in [-0.15, -0.1) is 0 Å². The van der Waals surface area contributed by atoms with Crippen LogP contribution in [0.4, 0.5) is 11.6 Å². The fourth-order valence-electron chi connectivity index (χ4n) is 4.67. The summed E-state index contributed by atoms with van der Waals surface area (Å²) >= 11 is 6.49. The lowest BCUT2D eigenvalue weighted by Gasteiger charge is -2.23. The number of aromatic nitrogens is 2. The first kappa shape index (κ1) is 20.5. The highest BCUT2D eigenvalue weighted by Gasteiger charge is 2.16. The van der Waals surface area contributed by atoms with Crippen LogP contribution in [0.1, 0.15) is 70.6 Å². The third kappa shape index (κ3) is 5.85. The summed E-state index contributed by atoms with van der Waals surface area (Å²) in [5.41, 5.74) is 1.84. The zero-order chi connectivity index (χ0) is 19.9. The van der Waals surface area contributed by atoms with Crippen molar-refractivity contribution in [2.75, 3.05) is 17.2 Å². The highest BCUT2D eigenvalue weighted by molar-refractivity contribution is 6.33. The molecule has 29 heavy (non-hydrogen) atoms. The van der Waals surface area contributed by atoms with Gasteiger partial charge in [0.05, 0.1) is 10.7 Å². The first-order chi connectivity index (χ1) is 14.3. The molecule has 0 aliphatic heterocycles. The fourth-order valence-corrected chi connectivity index (χ4v) is 4.87. The lowest BCUT2D eigenvalue weighted by molar-refractivity contribution is 0.462. The van der Waals surface area contributed by atoms with Crippen LogP contribution in [0.3, 0.4) is 0 Å². The molecule has 2 aromatic heterocycles. The molecule has 0 unspecified atom stereocenters. The molecule has 0 atom stereocenters. The Hall–Kier alpha value is -1.81. The zero-order valence-corrected chi connectivity index (χ0v) is 18.1. The summed E-state index contributed by atoms with van der Waals surface area (Å²) < 4.78 is 0. The first-order valence-electron chi connectivity index (χ1n) is 11.4. The monoisotopic (exact) mass is 412 g/mol. The van der Waals surface area contributed by atoms with Gasteiger partial charge in [0, 0.05) is 24.3 Å². The molecule has 0 spiro atoms. The van der Waals surface area contributed by atoms with Crippen LogP contribution < -0.4 is 10.6 Å². The van der Waals surface area contributed by atoms with Crippen molar-refractivity contribution in [2.24, 2.45) is 5.92 Å². The van der Waals surface area contributed by atoms with Crippen molar-refractivity contribution >= 4 is 23.2 Å². The van der Waals surface area contributed by atoms with E-state index in [1.807, 2.05) is 12.1 Å². The number of pyridine rings is 2. The third-order valence-corrected chi connectivity index (χ3v) is 6.69. The number of nitrogens with zero attached hydrogens (tertiary/aromatic N) is 2. The van der Waals surface area contributed by atoms with Crippen molar-refractivity contribution in [3.63, 3.8) is 0 Å². The molecule has 2 aliphatic rings. The van der Waals surface area contributed by atoms with Crippen molar-refractivity contribution in [1.29, 1.82) is 0 Å². The van der Waals surface area contributed by atoms with E-state index in [1.165, 1.54) is 70.6 Å². The molecule has 4 rings (SSSR count). The molecule has 2 aromatic rings. The van der Waals surface area contributed by atoms with E-state index in [-0.39, 0.29) is 0 Å². The van der Waals surface area contributed by atoms with Gasteiger partial charge < -0.3 is 10.6 Å². The van der Waals surface area contributed by atoms with Gasteiger partial charge in [-0.3, -0.25) is 0 Å². The normalized spacial score (nSPS) is 18.9. The van der Waals surface area contributed by atoms with Crippen LogP contribution in [0, 0.1) is 5.92 Å². The Labute approximate surface area is 179 Å². The summed E-state index contributed by atoms with van der Waals surface area (Å²) in [6.07, 6.45) is 16.3. The van der Waals surface area contributed by atoms with E-state index in [9.17, 15) is 0 Å². The van der Waals surface area contributed by atoms with Crippen molar-refractivity contribution in [3.05, 3.63) is 35.5 Å². The first-order valence-corrected chi connectivity index (χ1v) is 11.8. The molecule has 2 aliphatic carbocycles. The topological polar surface area (TPSA) is 49.8 Å². The summed E-state index contributed by atoms with van der Waals surface area (Å²) in [7, 11) is 0. The number of halogens is 1. The molecule has 5 heteroatoms. The second-order valence-corrected chi connectivity index (χ2v) is 9.08. The van der Waals surface area contributed by atoms with Gasteiger partial charge in [0.25, 0.3) is 0 Å². The van der Waals surface area contributed by atoms with E-state index in [1.54, 1.807) is 6.20 Å². The Morgan fingerprint density at radius 2 is 1.62 bits per heavy atom. The van der Waals surface area contributed by atoms with Gasteiger partial charge >= 0.3 is 0 Å². The Kier molecular flexibility index (Phi) is 7.26. The highest BCUT2D eigenvalue weighted by atomic mass is 35.5. The summed E-state index contributed by atoms with van der Waals surface area (Å²) in [5, 5.41) is 7.81. The van der Waals surface area contributed by atoms with Gasteiger partial charge in [-0.1, -0.05) is 62.6 Å². The molecule has 2 heterocycles. The molecule has 4 nitrogen and oxygen atoms in total. The Balaban J connectivity index is 1.44. The van der Waals surface area contributed by atoms with E-state index >= 15 is 0 Å². The average Bonchev–Trinajstić information content (AvgIpc) is 3.03. The number of nitrogens with one attached hydrogen (secondary N) is 2. The molecular formula is C24H33ClN4. The molecule has 0 aromatic carbocycles. The predicted molar refractivity (Wildman–Crippen MR) is 123 cm³/mol. The van der Waals surface area contributed by atoms with E-state index in [4.69, 9.17) is 16.6 Å². The molecule has 156 valence electrons. The van der Waals surface area contributed by atoms with Gasteiger partial charge in [0.15, 0.2) is 0 Å². The SMILES string of the molecule is Clc1cnc(NC2CCCCC2)cc1-c1cccc(NCC2CCCCCC2)n1. The fraction of sp³-hybridized carbons (Fsp3) is 0.583. The van der Waals surface area contributed by atoms with Crippen LogP contribution in [-0.4, -0.2) is 22.6 Å². The molecule has 2 saturated carbocycles. The minimum Gasteiger partial charge on any atom is -0.370 e. The molecule has 2 fully saturated rings. The van der Waals surface area contributed by atoms with Gasteiger partial charge in [-0.05, 0) is 49.8 Å². The van der Waals surface area contributed by atoms with Crippen LogP contribution in [0.2, 0.25) is 5.02 Å². The standard InChI is InChI=1S/C24H33ClN4/c25-21-17-27-24(28-19-11-6-3-7-12-19)15-20(21)22-13-8-14-23(29-22)26-16-18-9-4-1-2-5-10-18/h8,13-15,17-19H,1-7,9-12,16H2,(H,26,29)(H,27,28). The average molecular weight is 413 g/mol. The Bertz CT molecular complexity index is 780. The van der Waals surface area contributed by atoms with Crippen molar-refractivity contribution < 1.29 is 0 Å². The zero-order valence-electron chi connectivity index (χ0n) is 17.3. The summed E-state index contributed by atoms with van der Waals surface area (Å²) in [4.78, 5) is 9.35. The molecule has 0 radical (unpaired) electrons. The lowest BCUT2D eigenvalue weighted by atomic mass is 9.95. The molecule has 0 amide bonds. The minimum atomic E-state index is 0.519. The second-order valence-electron chi connectivity index (χ2n) is 8.68. The molecule has 2 N–H and O–H groups in total. The van der Waals surface area contributed by atoms with Crippen LogP contribution in [0.15, 0.2) is 30.5 Å². The summed E-state index contributed by atoms with van der Waals surface area (Å²) in [5.74, 6) is 2.59. The van der Waals surface area contributed by atoms with E-state index in [0.29, 0.717) is 11.1 Å². The van der Waals surface area contributed by atoms with E-state index in [0.717, 1.165) is 35.4 Å². The van der Waals surface area contributed by atoms with Crippen molar-refractivity contribution in [1.82, 2.24) is 9.97 Å². The summed E-state index contributed by atoms with van der Waals surface area (Å²) in [6.45, 7) is 1.01. The number of anilines is 2. The number of rotatable bonds is 6. The largest absolute Gasteiger partial charge is 0.370 e. The van der Waals surface area contributed by atoms with Gasteiger partial charge in [-0.2, -0.15) is 0 Å². The lowest BCUT2D eigenvalue weighted by Crippen LogP contribution is -2.22. The predicted octanol–water partition coefficient (Wildman–Crippen LogP) is 6.92. The second kappa shape index (κ2) is 10.3. The number of hydrogen-bond acceptors (Lipinski definition) is 4. The van der Waals surface area contributed by atoms with Gasteiger partial charge in [-0.25, -0.2) is 9.97 Å². The van der Waals surface area contributed by atoms with E-state index in [2.05, 4.69) is 27.8 Å². The third-order valence-electron chi connectivity index (χ3n) is 6.38. The molecule has 0 bridgehead atoms. The quantitative estimate of drug-likeness (QED) is 0.505. The maximum absolute atomic E-state index is 6.49. The van der Waals surface area contributed by atoms with Crippen LogP contribution in [-0.2, 0) is 0 Å². The number of hydrogen-bond donors (Lipinski definition) is 2. The molecular weight excluding hydrogens is 380 g/mol. The Morgan fingerprint density at radius 1 is 0.897 bits per heavy atom. The maximum atomic E-state index is 6.49. The summed E-state index contributed by atoms with van der Waals surface area (Å²) in [6, 6.07) is 8.71. The van der Waals surface area contributed by atoms with Gasteiger partial charge in [0.1, 0.15) is 11.6 Å². The highest BCUT2D eigenvalue weighted by Crippen LogP contribution is 2.30. The van der Waals surface area contributed by atoms with Crippen LogP contribution in [0.5, 0.6) is 0 Å². The smallest absolute Gasteiger partial charge is 0.126 e.